The van der Waals surface area contributed by atoms with Crippen molar-refractivity contribution in [2.45, 2.75) is 142 Å². The van der Waals surface area contributed by atoms with Gasteiger partial charge in [-0.2, -0.15) is 0 Å². The summed E-state index contributed by atoms with van der Waals surface area (Å²) in [6.45, 7) is 13.8. The van der Waals surface area contributed by atoms with Crippen LogP contribution in [-0.2, 0) is 14.3 Å². The van der Waals surface area contributed by atoms with E-state index in [1.165, 1.54) is 81.6 Å². The Hall–Kier alpha value is -4.20. The number of aliphatic hydroxyl groups excluding tert-OH is 3. The van der Waals surface area contributed by atoms with E-state index in [4.69, 9.17) is 10.5 Å². The van der Waals surface area contributed by atoms with Crippen molar-refractivity contribution in [1.82, 2.24) is 4.90 Å². The van der Waals surface area contributed by atoms with Crippen LogP contribution in [-0.4, -0.2) is 91.9 Å². The Morgan fingerprint density at radius 3 is 2.38 bits per heavy atom. The van der Waals surface area contributed by atoms with Crippen LogP contribution in [0.5, 0.6) is 5.75 Å². The number of hydrogen-bond donors (Lipinski definition) is 7. The molecule has 0 aliphatic heterocycles. The highest BCUT2D eigenvalue weighted by molar-refractivity contribution is 6.25. The largest absolute Gasteiger partial charge is 0.510 e. The van der Waals surface area contributed by atoms with Gasteiger partial charge in [0.15, 0.2) is 17.1 Å². The van der Waals surface area contributed by atoms with E-state index >= 15 is 0 Å². The van der Waals surface area contributed by atoms with Crippen molar-refractivity contribution in [3.05, 3.63) is 57.6 Å². The topological polar surface area (TPSA) is 220 Å². The molecule has 4 unspecified atom stereocenters. The highest BCUT2D eigenvalue weighted by Crippen LogP contribution is 2.67. The van der Waals surface area contributed by atoms with Crippen LogP contribution < -0.4 is 11.1 Å². The number of ketones is 2. The van der Waals surface area contributed by atoms with E-state index in [0.29, 0.717) is 35.7 Å². The number of nitrogens with one attached hydrogen (secondary N) is 1. The zero-order chi connectivity index (χ0) is 45.8. The molecule has 0 aromatic heterocycles. The van der Waals surface area contributed by atoms with Gasteiger partial charge in [0.25, 0.3) is 5.91 Å². The minimum Gasteiger partial charge on any atom is -0.510 e. The molecular formula is C50H69N3O10. The van der Waals surface area contributed by atoms with Crippen molar-refractivity contribution in [1.29, 1.82) is 0 Å². The number of anilines is 1. The Morgan fingerprint density at radius 2 is 1.71 bits per heavy atom. The molecule has 0 heterocycles. The normalized spacial score (nSPS) is 38.8. The quantitative estimate of drug-likeness (QED) is 0.0727. The van der Waals surface area contributed by atoms with Gasteiger partial charge < -0.3 is 36.0 Å². The Labute approximate surface area is 371 Å². The number of rotatable bonds is 9. The third-order valence-electron chi connectivity index (χ3n) is 17.9. The van der Waals surface area contributed by atoms with E-state index in [2.05, 4.69) is 46.0 Å². The van der Waals surface area contributed by atoms with Gasteiger partial charge in [-0.05, 0) is 123 Å². The number of likely N-dealkylation sites (N-methyl/N-ethyl adjacent to an activating group) is 1. The van der Waals surface area contributed by atoms with Crippen LogP contribution in [0.2, 0.25) is 0 Å². The first kappa shape index (κ1) is 45.4. The molecule has 13 nitrogen and oxygen atoms in total. The fourth-order valence-corrected chi connectivity index (χ4v) is 14.8. The van der Waals surface area contributed by atoms with Crippen LogP contribution in [0.25, 0.3) is 0 Å². The number of phenols is 1. The van der Waals surface area contributed by atoms with Crippen molar-refractivity contribution < 1.29 is 49.4 Å². The number of nitrogens with zero attached hydrogens (tertiary/aromatic N) is 1. The summed E-state index contributed by atoms with van der Waals surface area (Å²) in [7, 11) is 2.97. The number of aliphatic hydroxyl groups is 4. The number of allylic oxidation sites excluding steroid dienone is 1. The highest BCUT2D eigenvalue weighted by atomic mass is 16.6. The summed E-state index contributed by atoms with van der Waals surface area (Å²) < 4.78 is 6.01. The van der Waals surface area contributed by atoms with Crippen molar-refractivity contribution in [3.8, 4) is 5.75 Å². The number of hydrogen-bond acceptors (Lipinski definition) is 11. The molecule has 7 aliphatic carbocycles. The van der Waals surface area contributed by atoms with Crippen LogP contribution in [0, 0.1) is 58.2 Å². The predicted molar refractivity (Wildman–Crippen MR) is 237 cm³/mol. The summed E-state index contributed by atoms with van der Waals surface area (Å²) in [5.74, 6) is -5.55. The average Bonchev–Trinajstić information content (AvgIpc) is 3.57. The lowest BCUT2D eigenvalue weighted by Gasteiger charge is -2.58. The number of ether oxygens (including phenoxy) is 1. The van der Waals surface area contributed by atoms with Crippen molar-refractivity contribution in [2.75, 3.05) is 19.4 Å². The summed E-state index contributed by atoms with van der Waals surface area (Å²) in [6.07, 6.45) is 12.0. The number of carbonyl (C=O) groups excluding carboxylic acids is 4. The number of amides is 2. The number of carbonyl (C=O) groups is 4. The summed E-state index contributed by atoms with van der Waals surface area (Å²) in [6, 6.07) is 1.63. The lowest BCUT2D eigenvalue weighted by Crippen LogP contribution is -2.68. The zero-order valence-corrected chi connectivity index (χ0v) is 38.2. The van der Waals surface area contributed by atoms with E-state index in [-0.39, 0.29) is 22.8 Å². The second-order valence-corrected chi connectivity index (χ2v) is 21.7. The van der Waals surface area contributed by atoms with Gasteiger partial charge in [0, 0.05) is 17.9 Å². The van der Waals surface area contributed by atoms with Gasteiger partial charge in [0.2, 0.25) is 5.78 Å². The van der Waals surface area contributed by atoms with Gasteiger partial charge in [-0.15, -0.1) is 0 Å². The maximum absolute atomic E-state index is 14.4. The second-order valence-electron chi connectivity index (χ2n) is 21.7. The molecule has 14 atom stereocenters. The minimum atomic E-state index is -3.02. The molecule has 1 aromatic carbocycles. The number of primary amides is 1. The number of nitrogens with two attached hydrogens (primary N) is 1. The zero-order valence-electron chi connectivity index (χ0n) is 38.2. The van der Waals surface area contributed by atoms with E-state index in [9.17, 15) is 44.7 Å². The van der Waals surface area contributed by atoms with Gasteiger partial charge in [-0.1, -0.05) is 78.5 Å². The van der Waals surface area contributed by atoms with Crippen LogP contribution >= 0.6 is 0 Å². The Bertz CT molecular complexity index is 2190. The molecule has 344 valence electrons. The summed E-state index contributed by atoms with van der Waals surface area (Å²) in [4.78, 5) is 55.4. The van der Waals surface area contributed by atoms with E-state index in [1.54, 1.807) is 6.92 Å². The highest BCUT2D eigenvalue weighted by Gasteiger charge is 2.67. The van der Waals surface area contributed by atoms with Gasteiger partial charge in [0.05, 0.1) is 29.3 Å². The molecule has 2 amide bonds. The molecule has 3 fully saturated rings. The fourth-order valence-electron chi connectivity index (χ4n) is 14.8. The molecule has 8 N–H and O–H groups in total. The van der Waals surface area contributed by atoms with Crippen LogP contribution in [0.15, 0.2) is 46.4 Å². The van der Waals surface area contributed by atoms with Crippen LogP contribution in [0.1, 0.15) is 134 Å². The number of aromatic hydroxyl groups is 1. The summed E-state index contributed by atoms with van der Waals surface area (Å²) in [5, 5.41) is 60.9. The molecule has 0 spiro atoms. The molecule has 7 aliphatic rings. The van der Waals surface area contributed by atoms with Crippen molar-refractivity contribution in [3.63, 3.8) is 0 Å². The van der Waals surface area contributed by atoms with E-state index in [1.807, 2.05) is 0 Å². The summed E-state index contributed by atoms with van der Waals surface area (Å²) >= 11 is 0. The van der Waals surface area contributed by atoms with Crippen molar-refractivity contribution in [2.24, 2.45) is 63.9 Å². The van der Waals surface area contributed by atoms with Gasteiger partial charge >= 0.3 is 6.09 Å². The maximum Gasteiger partial charge on any atom is 0.412 e. The fraction of sp³-hybridized carbons (Fsp3) is 0.680. The lowest BCUT2D eigenvalue weighted by atomic mass is 9.47. The monoisotopic (exact) mass is 871 g/mol. The average molecular weight is 872 g/mol. The van der Waals surface area contributed by atoms with Crippen molar-refractivity contribution >= 4 is 29.3 Å². The molecule has 0 saturated heterocycles. The number of benzene rings is 1. The standard InChI is InChI=1S/C50H69N3O10/c1-23(2)10-9-11-24(3)30-15-16-31-29-13-12-26-22-27(18-20-48(26,5)32(29)19-21-49(30,31)6)63-47(61)52-33-17-14-28-25(4)34-36(41(55)35(28)40(33)54)44(58)50(62)38(42(34)56)39(53(7)8)43(57)37(45(50)59)46(51)60/h12,14,17,23-25,27,29-32,34,38-39,42,54,56-58,62H,9-11,13,15-16,18-22H2,1-8H3,(H2,51,60)(H,52,61)/t24-,25-,27?,29?,30+,31?,32?,34+,38+,39-,42-,48-,49+,50-/m0/s1. The van der Waals surface area contributed by atoms with Gasteiger partial charge in [-0.3, -0.25) is 24.6 Å². The molecule has 8 rings (SSSR count). The minimum absolute atomic E-state index is 0.0566. The van der Waals surface area contributed by atoms with Crippen LogP contribution in [0.4, 0.5) is 10.5 Å². The molecular weight excluding hydrogens is 803 g/mol. The smallest absolute Gasteiger partial charge is 0.412 e. The maximum atomic E-state index is 14.4. The van der Waals surface area contributed by atoms with Gasteiger partial charge in [0.1, 0.15) is 23.2 Å². The van der Waals surface area contributed by atoms with E-state index in [0.717, 1.165) is 36.5 Å². The van der Waals surface area contributed by atoms with Gasteiger partial charge in [-0.25, -0.2) is 4.79 Å². The lowest BCUT2D eigenvalue weighted by molar-refractivity contribution is -0.162. The Morgan fingerprint density at radius 1 is 1.00 bits per heavy atom. The summed E-state index contributed by atoms with van der Waals surface area (Å²) in [5.41, 5.74) is 2.64. The number of phenolic OH excluding ortho intramolecular Hbond substituents is 1. The molecule has 0 bridgehead atoms. The first-order chi connectivity index (χ1) is 29.6. The van der Waals surface area contributed by atoms with E-state index < -0.39 is 87.5 Å². The SMILES string of the molecule is CC(C)CCC[C@H](C)[C@H]1CCC2C3CC=C4CC(OC(=O)Nc5ccc6c(c5O)C(=O)C5=C(O)[C@]7(O)C(=O)C(C(N)=O)=C(O)[C@@H](N(C)C)[C@@H]7[C@@H](O)[C@@H]5[C@H]6C)CC[C@]4(C)C3CC[C@@]21C. The molecule has 13 heteroatoms. The molecule has 63 heavy (non-hydrogen) atoms. The Balaban J connectivity index is 0.980. The number of Topliss-reactive ketones (excluding diaryl/α,β-unsaturated/α-hetero) is 2. The molecule has 0 radical (unpaired) electrons. The first-order valence-corrected chi connectivity index (χ1v) is 23.4. The molecule has 1 aromatic rings. The third kappa shape index (κ3) is 6.79. The van der Waals surface area contributed by atoms with Crippen LogP contribution in [0.3, 0.4) is 0 Å². The third-order valence-corrected chi connectivity index (χ3v) is 17.9. The second kappa shape index (κ2) is 16.0. The predicted octanol–water partition coefficient (Wildman–Crippen LogP) is 7.61. The first-order valence-electron chi connectivity index (χ1n) is 23.4. The number of fused-ring (bicyclic) bond motifs is 8. The Kier molecular flexibility index (Phi) is 11.6. The molecule has 3 saturated carbocycles.